The molecule has 2 rings (SSSR count). The lowest BCUT2D eigenvalue weighted by atomic mass is 10.1. The van der Waals surface area contributed by atoms with Gasteiger partial charge in [-0.15, -0.1) is 0 Å². The summed E-state index contributed by atoms with van der Waals surface area (Å²) in [6, 6.07) is 7.98. The number of rotatable bonds is 4. The van der Waals surface area contributed by atoms with E-state index in [4.69, 9.17) is 0 Å². The lowest BCUT2D eigenvalue weighted by Gasteiger charge is -2.08. The predicted molar refractivity (Wildman–Crippen MR) is 79.3 cm³/mol. The summed E-state index contributed by atoms with van der Waals surface area (Å²) < 4.78 is 53.3. The highest BCUT2D eigenvalue weighted by atomic mass is 79.9. The second-order valence-electron chi connectivity index (χ2n) is 4.48. The van der Waals surface area contributed by atoms with Crippen molar-refractivity contribution < 1.29 is 17.2 Å². The molecule has 0 saturated carbocycles. The van der Waals surface area contributed by atoms with Gasteiger partial charge in [-0.2, -0.15) is 0 Å². The van der Waals surface area contributed by atoms with Gasteiger partial charge in [-0.05, 0) is 58.2 Å². The monoisotopic (exact) mass is 375 g/mol. The molecule has 2 aromatic rings. The molecule has 0 bridgehead atoms. The van der Waals surface area contributed by atoms with Crippen LogP contribution in [0.2, 0.25) is 0 Å². The third-order valence-electron chi connectivity index (χ3n) is 2.90. The zero-order valence-corrected chi connectivity index (χ0v) is 13.4. The number of hydrogen-bond donors (Lipinski definition) is 1. The normalized spacial score (nSPS) is 11.6. The molecule has 0 unspecified atom stereocenters. The quantitative estimate of drug-likeness (QED) is 0.888. The van der Waals surface area contributed by atoms with Crippen molar-refractivity contribution in [2.45, 2.75) is 18.4 Å². The summed E-state index contributed by atoms with van der Waals surface area (Å²) >= 11 is 2.95. The molecule has 0 saturated heterocycles. The molecule has 0 aromatic heterocycles. The van der Waals surface area contributed by atoms with Gasteiger partial charge in [0.05, 0.1) is 9.37 Å². The van der Waals surface area contributed by atoms with Gasteiger partial charge in [-0.25, -0.2) is 21.9 Å². The second-order valence-corrected chi connectivity index (χ2v) is 7.11. The van der Waals surface area contributed by atoms with Crippen molar-refractivity contribution in [3.8, 4) is 0 Å². The molecule has 0 fully saturated rings. The zero-order chi connectivity index (χ0) is 15.6. The van der Waals surface area contributed by atoms with E-state index in [1.807, 2.05) is 0 Å². The van der Waals surface area contributed by atoms with Crippen molar-refractivity contribution >= 4 is 26.0 Å². The van der Waals surface area contributed by atoms with Gasteiger partial charge in [0.1, 0.15) is 11.6 Å². The van der Waals surface area contributed by atoms with Crippen LogP contribution in [-0.4, -0.2) is 8.42 Å². The maximum atomic E-state index is 13.4. The molecule has 0 aliphatic heterocycles. The summed E-state index contributed by atoms with van der Waals surface area (Å²) in [5.74, 6) is -1.07. The molecule has 0 aliphatic rings. The van der Waals surface area contributed by atoms with E-state index in [1.165, 1.54) is 18.2 Å². The van der Waals surface area contributed by atoms with E-state index in [0.717, 1.165) is 6.07 Å². The van der Waals surface area contributed by atoms with E-state index in [1.54, 1.807) is 19.1 Å². The molecule has 21 heavy (non-hydrogen) atoms. The molecular weight excluding hydrogens is 364 g/mol. The third kappa shape index (κ3) is 3.87. The standard InChI is InChI=1S/C14H12BrF2NO2S/c1-9-2-3-10(6-13(9)16)8-18-21(19,20)11-4-5-12(15)14(17)7-11/h2-7,18H,8H2,1H3. The van der Waals surface area contributed by atoms with Gasteiger partial charge in [0.15, 0.2) is 0 Å². The van der Waals surface area contributed by atoms with Crippen molar-refractivity contribution in [1.82, 2.24) is 4.72 Å². The zero-order valence-electron chi connectivity index (χ0n) is 11.0. The Labute approximate surface area is 130 Å². The Morgan fingerprint density at radius 1 is 1.10 bits per heavy atom. The van der Waals surface area contributed by atoms with E-state index in [-0.39, 0.29) is 15.9 Å². The SMILES string of the molecule is Cc1ccc(CNS(=O)(=O)c2ccc(Br)c(F)c2)cc1F. The van der Waals surface area contributed by atoms with E-state index in [0.29, 0.717) is 11.1 Å². The van der Waals surface area contributed by atoms with Crippen LogP contribution in [0.3, 0.4) is 0 Å². The Morgan fingerprint density at radius 3 is 2.43 bits per heavy atom. The summed E-state index contributed by atoms with van der Waals surface area (Å²) in [6.07, 6.45) is 0. The predicted octanol–water partition coefficient (Wildman–Crippen LogP) is 3.51. The van der Waals surface area contributed by atoms with Crippen molar-refractivity contribution in [2.24, 2.45) is 0 Å². The fourth-order valence-electron chi connectivity index (χ4n) is 1.65. The molecule has 0 radical (unpaired) electrons. The molecular formula is C14H12BrF2NO2S. The maximum absolute atomic E-state index is 13.4. The molecule has 0 spiro atoms. The first-order valence-electron chi connectivity index (χ1n) is 5.99. The molecule has 3 nitrogen and oxygen atoms in total. The van der Waals surface area contributed by atoms with Crippen LogP contribution in [0.25, 0.3) is 0 Å². The lowest BCUT2D eigenvalue weighted by Crippen LogP contribution is -2.23. The van der Waals surface area contributed by atoms with E-state index in [9.17, 15) is 17.2 Å². The Balaban J connectivity index is 2.17. The minimum absolute atomic E-state index is 0.0722. The van der Waals surface area contributed by atoms with Gasteiger partial charge in [-0.3, -0.25) is 0 Å². The second kappa shape index (κ2) is 6.21. The van der Waals surface area contributed by atoms with Crippen LogP contribution in [0.15, 0.2) is 45.8 Å². The topological polar surface area (TPSA) is 46.2 Å². The minimum Gasteiger partial charge on any atom is -0.207 e. The highest BCUT2D eigenvalue weighted by molar-refractivity contribution is 9.10. The molecule has 0 aliphatic carbocycles. The smallest absolute Gasteiger partial charge is 0.207 e. The van der Waals surface area contributed by atoms with Crippen LogP contribution >= 0.6 is 15.9 Å². The average molecular weight is 376 g/mol. The summed E-state index contributed by atoms with van der Waals surface area (Å²) in [7, 11) is -3.85. The van der Waals surface area contributed by atoms with Crippen molar-refractivity contribution in [3.05, 3.63) is 63.6 Å². The molecule has 112 valence electrons. The molecule has 7 heteroatoms. The third-order valence-corrected chi connectivity index (χ3v) is 4.95. The highest BCUT2D eigenvalue weighted by Crippen LogP contribution is 2.19. The van der Waals surface area contributed by atoms with Gasteiger partial charge >= 0.3 is 0 Å². The summed E-state index contributed by atoms with van der Waals surface area (Å²) in [6.45, 7) is 1.55. The van der Waals surface area contributed by atoms with Gasteiger partial charge in [-0.1, -0.05) is 12.1 Å². The van der Waals surface area contributed by atoms with Crippen LogP contribution in [0.1, 0.15) is 11.1 Å². The fourth-order valence-corrected chi connectivity index (χ4v) is 2.93. The Kier molecular flexibility index (Phi) is 4.75. The summed E-state index contributed by atoms with van der Waals surface area (Å²) in [5, 5.41) is 0. The number of aryl methyl sites for hydroxylation is 1. The van der Waals surface area contributed by atoms with Crippen LogP contribution in [-0.2, 0) is 16.6 Å². The Bertz CT molecular complexity index is 779. The Hall–Kier alpha value is -1.31. The van der Waals surface area contributed by atoms with Crippen LogP contribution in [0, 0.1) is 18.6 Å². The van der Waals surface area contributed by atoms with Crippen molar-refractivity contribution in [3.63, 3.8) is 0 Å². The van der Waals surface area contributed by atoms with Crippen LogP contribution < -0.4 is 4.72 Å². The van der Waals surface area contributed by atoms with E-state index < -0.39 is 21.7 Å². The molecule has 0 amide bonds. The van der Waals surface area contributed by atoms with Gasteiger partial charge in [0.25, 0.3) is 0 Å². The number of sulfonamides is 1. The average Bonchev–Trinajstić information content (AvgIpc) is 2.43. The maximum Gasteiger partial charge on any atom is 0.240 e. The number of hydrogen-bond acceptors (Lipinski definition) is 2. The van der Waals surface area contributed by atoms with E-state index in [2.05, 4.69) is 20.7 Å². The summed E-state index contributed by atoms with van der Waals surface area (Å²) in [5.41, 5.74) is 0.968. The molecule has 1 N–H and O–H groups in total. The largest absolute Gasteiger partial charge is 0.240 e. The minimum atomic E-state index is -3.85. The Morgan fingerprint density at radius 2 is 1.81 bits per heavy atom. The molecule has 0 heterocycles. The van der Waals surface area contributed by atoms with Crippen LogP contribution in [0.5, 0.6) is 0 Å². The first kappa shape index (κ1) is 16.1. The first-order valence-corrected chi connectivity index (χ1v) is 8.27. The molecule has 2 aromatic carbocycles. The number of benzene rings is 2. The number of nitrogens with one attached hydrogen (secondary N) is 1. The first-order chi connectivity index (χ1) is 9.79. The molecule has 0 atom stereocenters. The van der Waals surface area contributed by atoms with Crippen LogP contribution in [0.4, 0.5) is 8.78 Å². The summed E-state index contributed by atoms with van der Waals surface area (Å²) in [4.78, 5) is -0.184. The number of halogens is 3. The fraction of sp³-hybridized carbons (Fsp3) is 0.143. The van der Waals surface area contributed by atoms with Crippen molar-refractivity contribution in [1.29, 1.82) is 0 Å². The van der Waals surface area contributed by atoms with Crippen molar-refractivity contribution in [2.75, 3.05) is 0 Å². The van der Waals surface area contributed by atoms with Gasteiger partial charge < -0.3 is 0 Å². The highest BCUT2D eigenvalue weighted by Gasteiger charge is 2.15. The lowest BCUT2D eigenvalue weighted by molar-refractivity contribution is 0.575. The van der Waals surface area contributed by atoms with Gasteiger partial charge in [0.2, 0.25) is 10.0 Å². The van der Waals surface area contributed by atoms with Gasteiger partial charge in [0, 0.05) is 6.54 Å². The van der Waals surface area contributed by atoms with E-state index >= 15 is 0 Å².